The quantitative estimate of drug-likeness (QED) is 0.209. The van der Waals surface area contributed by atoms with Crippen LogP contribution in [0.25, 0.3) is 0 Å². The molecule has 1 rings (SSSR count). The molecule has 1 aromatic carbocycles. The number of para-hydroxylation sites is 1. The molecule has 0 saturated heterocycles. The Morgan fingerprint density at radius 1 is 1.19 bits per heavy atom. The van der Waals surface area contributed by atoms with Crippen molar-refractivity contribution in [3.8, 4) is 5.75 Å². The number of benzene rings is 1. The summed E-state index contributed by atoms with van der Waals surface area (Å²) >= 11 is 0. The zero-order valence-corrected chi connectivity index (χ0v) is 10.9. The second-order valence-corrected chi connectivity index (χ2v) is 4.68. The van der Waals surface area contributed by atoms with Crippen LogP contribution in [0.5, 0.6) is 5.75 Å². The Hall–Kier alpha value is -1.45. The fourth-order valence-corrected chi connectivity index (χ4v) is 1.62. The normalized spacial score (nSPS) is 11.0. The van der Waals surface area contributed by atoms with Gasteiger partial charge in [-0.25, -0.2) is 9.59 Å². The molecule has 0 aromatic heterocycles. The van der Waals surface area contributed by atoms with Gasteiger partial charge in [-0.05, 0) is 12.1 Å². The van der Waals surface area contributed by atoms with Crippen molar-refractivity contribution >= 4 is 51.6 Å². The molecule has 9 heteroatoms. The third-order valence-corrected chi connectivity index (χ3v) is 2.72. The Morgan fingerprint density at radius 2 is 1.76 bits per heavy atom. The minimum absolute atomic E-state index is 0. The number of rotatable bonds is 5. The molecule has 0 aliphatic heterocycles. The van der Waals surface area contributed by atoms with Gasteiger partial charge in [-0.2, -0.15) is 8.42 Å². The molecule has 0 bridgehead atoms. The molecule has 7 nitrogen and oxygen atoms in total. The molecule has 108 valence electrons. The first-order valence-corrected chi connectivity index (χ1v) is 6.56. The van der Waals surface area contributed by atoms with E-state index in [-0.39, 0.29) is 35.3 Å². The van der Waals surface area contributed by atoms with Gasteiger partial charge in [0.1, 0.15) is 5.75 Å². The average Bonchev–Trinajstić information content (AvgIpc) is 2.36. The zero-order chi connectivity index (χ0) is 15.2. The van der Waals surface area contributed by atoms with Crippen molar-refractivity contribution in [3.05, 3.63) is 54.2 Å². The van der Waals surface area contributed by atoms with E-state index < -0.39 is 27.0 Å². The monoisotopic (exact) mass is 322 g/mol. The molecule has 0 amide bonds. The third kappa shape index (κ3) is 6.69. The fraction of sp³-hybridized carbons (Fsp3) is 0. The summed E-state index contributed by atoms with van der Waals surface area (Å²) in [7, 11) is -4.94. The Balaban J connectivity index is 0.00000400. The first kappa shape index (κ1) is 19.6. The fourth-order valence-electron chi connectivity index (χ4n) is 1.11. The van der Waals surface area contributed by atoms with Crippen LogP contribution < -0.4 is 4.74 Å². The van der Waals surface area contributed by atoms with Crippen LogP contribution >= 0.6 is 0 Å². The Kier molecular flexibility index (Phi) is 8.15. The summed E-state index contributed by atoms with van der Waals surface area (Å²) < 4.78 is 39.7. The summed E-state index contributed by atoms with van der Waals surface area (Å²) in [5.74, 6) is -2.47. The van der Waals surface area contributed by atoms with Crippen LogP contribution in [0, 0.1) is 0 Å². The first-order valence-electron chi connectivity index (χ1n) is 5.12. The molecule has 0 aliphatic rings. The summed E-state index contributed by atoms with van der Waals surface area (Å²) in [5.41, 5.74) is 0. The van der Waals surface area contributed by atoms with Crippen LogP contribution in [0.1, 0.15) is 0 Å². The van der Waals surface area contributed by atoms with Crippen LogP contribution in [0.4, 0.5) is 0 Å². The molecule has 0 spiro atoms. The topological polar surface area (TPSA) is 107 Å². The maximum atomic E-state index is 11.5. The average molecular weight is 322 g/mol. The third-order valence-electron chi connectivity index (χ3n) is 1.88. The van der Waals surface area contributed by atoms with Crippen molar-refractivity contribution < 1.29 is 32.0 Å². The van der Waals surface area contributed by atoms with Crippen LogP contribution in [-0.4, -0.2) is 54.5 Å². The SMILES string of the molecule is C=COC(=O)/C(=C\C(=O)Oc1ccccc1)S(=O)(=O)O.[NaH]. The zero-order valence-electron chi connectivity index (χ0n) is 10.1. The Morgan fingerprint density at radius 3 is 2.24 bits per heavy atom. The molecule has 1 N–H and O–H groups in total. The van der Waals surface area contributed by atoms with Gasteiger partial charge in [0.2, 0.25) is 0 Å². The van der Waals surface area contributed by atoms with Crippen molar-refractivity contribution in [1.29, 1.82) is 0 Å². The standard InChI is InChI=1S/C12H10O7S.Na.H/c1-2-18-12(14)10(20(15,16)17)8-11(13)19-9-6-4-3-5-7-9;;/h2-8H,1H2,(H,15,16,17);;/b10-8+;;. The first-order chi connectivity index (χ1) is 9.34. The van der Waals surface area contributed by atoms with Gasteiger partial charge in [0.15, 0.2) is 4.91 Å². The van der Waals surface area contributed by atoms with Crippen molar-refractivity contribution in [2.24, 2.45) is 0 Å². The van der Waals surface area contributed by atoms with E-state index in [2.05, 4.69) is 11.3 Å². The summed E-state index contributed by atoms with van der Waals surface area (Å²) in [6, 6.07) is 7.74. The second-order valence-electron chi connectivity index (χ2n) is 3.29. The van der Waals surface area contributed by atoms with Crippen LogP contribution in [0.15, 0.2) is 54.2 Å². The minimum atomic E-state index is -4.94. The van der Waals surface area contributed by atoms with Crippen LogP contribution in [0.2, 0.25) is 0 Å². The number of hydrogen-bond acceptors (Lipinski definition) is 6. The van der Waals surface area contributed by atoms with Gasteiger partial charge in [0.25, 0.3) is 0 Å². The van der Waals surface area contributed by atoms with E-state index in [1.165, 1.54) is 12.1 Å². The van der Waals surface area contributed by atoms with E-state index in [1.807, 2.05) is 0 Å². The molecule has 0 saturated carbocycles. The molecule has 1 aromatic rings. The molecule has 0 unspecified atom stereocenters. The number of carbonyl (C=O) groups excluding carboxylic acids is 2. The second kappa shape index (κ2) is 8.75. The Labute approximate surface area is 143 Å². The molecule has 0 atom stereocenters. The van der Waals surface area contributed by atoms with E-state index in [1.54, 1.807) is 18.2 Å². The number of carbonyl (C=O) groups is 2. The molecule has 0 fully saturated rings. The van der Waals surface area contributed by atoms with E-state index in [0.29, 0.717) is 12.3 Å². The number of esters is 2. The van der Waals surface area contributed by atoms with Gasteiger partial charge in [0.05, 0.1) is 12.3 Å². The van der Waals surface area contributed by atoms with Gasteiger partial charge in [-0.1, -0.05) is 24.8 Å². The Bertz CT molecular complexity index is 649. The summed E-state index contributed by atoms with van der Waals surface area (Å²) in [6.45, 7) is 3.05. The van der Waals surface area contributed by atoms with Gasteiger partial charge in [-0.3, -0.25) is 4.55 Å². The summed E-state index contributed by atoms with van der Waals surface area (Å²) in [6.07, 6.45) is 0.970. The van der Waals surface area contributed by atoms with Gasteiger partial charge >= 0.3 is 51.6 Å². The molecule has 0 heterocycles. The van der Waals surface area contributed by atoms with Crippen molar-refractivity contribution in [1.82, 2.24) is 0 Å². The van der Waals surface area contributed by atoms with Crippen LogP contribution in [-0.2, 0) is 24.4 Å². The van der Waals surface area contributed by atoms with Gasteiger partial charge in [-0.15, -0.1) is 0 Å². The molecular weight excluding hydrogens is 311 g/mol. The summed E-state index contributed by atoms with van der Waals surface area (Å²) in [5, 5.41) is 0. The van der Waals surface area contributed by atoms with Crippen LogP contribution in [0.3, 0.4) is 0 Å². The maximum absolute atomic E-state index is 11.5. The van der Waals surface area contributed by atoms with Crippen molar-refractivity contribution in [2.75, 3.05) is 0 Å². The van der Waals surface area contributed by atoms with Gasteiger partial charge in [0, 0.05) is 0 Å². The number of ether oxygens (including phenoxy) is 2. The van der Waals surface area contributed by atoms with E-state index in [4.69, 9.17) is 9.29 Å². The molecule has 0 aliphatic carbocycles. The molecule has 21 heavy (non-hydrogen) atoms. The van der Waals surface area contributed by atoms with Gasteiger partial charge < -0.3 is 9.47 Å². The van der Waals surface area contributed by atoms with E-state index >= 15 is 0 Å². The van der Waals surface area contributed by atoms with Crippen molar-refractivity contribution in [2.45, 2.75) is 0 Å². The van der Waals surface area contributed by atoms with E-state index in [9.17, 15) is 18.0 Å². The summed E-state index contributed by atoms with van der Waals surface area (Å²) in [4.78, 5) is 21.5. The van der Waals surface area contributed by atoms with Crippen molar-refractivity contribution in [3.63, 3.8) is 0 Å². The van der Waals surface area contributed by atoms with E-state index in [0.717, 1.165) is 0 Å². The predicted octanol–water partition coefficient (Wildman–Crippen LogP) is 0.402. The predicted molar refractivity (Wildman–Crippen MR) is 75.1 cm³/mol. The number of hydrogen-bond donors (Lipinski definition) is 1. The molecular formula is C12H11NaO7S. The molecule has 0 radical (unpaired) electrons.